The highest BCUT2D eigenvalue weighted by molar-refractivity contribution is 7.13. The second kappa shape index (κ2) is 9.56. The van der Waals surface area contributed by atoms with Gasteiger partial charge in [-0.25, -0.2) is 4.98 Å². The number of anilines is 1. The van der Waals surface area contributed by atoms with Crippen molar-refractivity contribution in [3.05, 3.63) is 109 Å². The number of non-ortho nitro benzene ring substituents is 2. The summed E-state index contributed by atoms with van der Waals surface area (Å²) < 4.78 is 6.04. The maximum Gasteiger partial charge on any atom is 0.269 e. The standard InChI is InChI=1S/C24H14ClN5O5S/c25-16-3-10-22-15(11-16)12-20(23(35-22)28-27-17-4-8-19(9-5-17)30(33)34)24-26-21(13-36-24)14-1-6-18(7-2-14)29(31)32/h1-13,27H/b28-23-. The molecule has 2 heterocycles. The van der Waals surface area contributed by atoms with Gasteiger partial charge in [0.15, 0.2) is 0 Å². The van der Waals surface area contributed by atoms with Crippen LogP contribution < -0.4 is 11.0 Å². The number of hydrogen-bond acceptors (Lipinski definition) is 9. The van der Waals surface area contributed by atoms with Gasteiger partial charge in [-0.15, -0.1) is 16.4 Å². The fourth-order valence-corrected chi connectivity index (χ4v) is 4.41. The average Bonchev–Trinajstić information content (AvgIpc) is 3.37. The fourth-order valence-electron chi connectivity index (χ4n) is 3.39. The van der Waals surface area contributed by atoms with Crippen molar-refractivity contribution >= 4 is 51.0 Å². The van der Waals surface area contributed by atoms with Crippen LogP contribution in [0.5, 0.6) is 0 Å². The van der Waals surface area contributed by atoms with Crippen molar-refractivity contribution in [3.63, 3.8) is 0 Å². The van der Waals surface area contributed by atoms with Gasteiger partial charge in [-0.05, 0) is 48.5 Å². The summed E-state index contributed by atoms with van der Waals surface area (Å²) in [6.45, 7) is 0. The maximum absolute atomic E-state index is 10.9. The van der Waals surface area contributed by atoms with Gasteiger partial charge in [-0.1, -0.05) is 11.6 Å². The number of halogens is 1. The molecule has 5 rings (SSSR count). The summed E-state index contributed by atoms with van der Waals surface area (Å²) in [5, 5.41) is 30.0. The van der Waals surface area contributed by atoms with Crippen molar-refractivity contribution in [1.29, 1.82) is 0 Å². The molecule has 0 saturated carbocycles. The van der Waals surface area contributed by atoms with Crippen LogP contribution in [0.4, 0.5) is 17.1 Å². The molecule has 178 valence electrons. The molecule has 0 fully saturated rings. The first-order valence-corrected chi connectivity index (χ1v) is 11.6. The minimum absolute atomic E-state index is 0.00202. The number of nitro groups is 2. The third kappa shape index (κ3) is 4.78. The number of rotatable bonds is 6. The van der Waals surface area contributed by atoms with E-state index in [2.05, 4.69) is 10.5 Å². The van der Waals surface area contributed by atoms with Crippen LogP contribution in [0.2, 0.25) is 5.02 Å². The molecule has 36 heavy (non-hydrogen) atoms. The predicted molar refractivity (Wildman–Crippen MR) is 137 cm³/mol. The highest BCUT2D eigenvalue weighted by atomic mass is 35.5. The first-order chi connectivity index (χ1) is 17.4. The second-order valence-corrected chi connectivity index (χ2v) is 8.81. The van der Waals surface area contributed by atoms with E-state index in [4.69, 9.17) is 21.0 Å². The SMILES string of the molecule is O=[N+]([O-])c1ccc(N/N=c2\oc3ccc(Cl)cc3cc2-c2nc(-c3ccc([N+](=O)[O-])cc3)cs2)cc1. The zero-order chi connectivity index (χ0) is 25.2. The van der Waals surface area contributed by atoms with E-state index in [-0.39, 0.29) is 16.9 Å². The molecule has 12 heteroatoms. The molecule has 1 N–H and O–H groups in total. The maximum atomic E-state index is 10.9. The van der Waals surface area contributed by atoms with E-state index in [1.165, 1.54) is 47.7 Å². The lowest BCUT2D eigenvalue weighted by Gasteiger charge is -2.04. The molecule has 0 saturated heterocycles. The molecule has 0 aliphatic carbocycles. The Morgan fingerprint density at radius 2 is 1.58 bits per heavy atom. The molecule has 10 nitrogen and oxygen atoms in total. The number of nitrogens with zero attached hydrogens (tertiary/aromatic N) is 4. The Bertz CT molecular complexity index is 1680. The molecule has 0 atom stereocenters. The lowest BCUT2D eigenvalue weighted by Crippen LogP contribution is -2.09. The van der Waals surface area contributed by atoms with Crippen LogP contribution in [0.25, 0.3) is 32.8 Å². The van der Waals surface area contributed by atoms with Gasteiger partial charge >= 0.3 is 0 Å². The van der Waals surface area contributed by atoms with Gasteiger partial charge in [-0.3, -0.25) is 25.7 Å². The number of nitrogens with one attached hydrogen (secondary N) is 1. The van der Waals surface area contributed by atoms with Gasteiger partial charge in [0, 0.05) is 45.6 Å². The largest absolute Gasteiger partial charge is 0.436 e. The van der Waals surface area contributed by atoms with E-state index in [0.717, 1.165) is 10.9 Å². The summed E-state index contributed by atoms with van der Waals surface area (Å²) in [5.41, 5.74) is 6.13. The molecule has 0 radical (unpaired) electrons. The lowest BCUT2D eigenvalue weighted by molar-refractivity contribution is -0.385. The molecule has 0 aliphatic heterocycles. The third-order valence-electron chi connectivity index (χ3n) is 5.18. The van der Waals surface area contributed by atoms with Crippen LogP contribution in [0, 0.1) is 20.2 Å². The quantitative estimate of drug-likeness (QED) is 0.196. The van der Waals surface area contributed by atoms with Crippen LogP contribution in [-0.2, 0) is 0 Å². The summed E-state index contributed by atoms with van der Waals surface area (Å²) in [5.74, 6) is 0. The Hall–Kier alpha value is -4.61. The van der Waals surface area contributed by atoms with Gasteiger partial charge < -0.3 is 4.42 Å². The number of thiazole rings is 1. The summed E-state index contributed by atoms with van der Waals surface area (Å²) in [6.07, 6.45) is 0. The zero-order valence-electron chi connectivity index (χ0n) is 18.1. The van der Waals surface area contributed by atoms with E-state index >= 15 is 0 Å². The Kier molecular flexibility index (Phi) is 6.15. The second-order valence-electron chi connectivity index (χ2n) is 7.52. The minimum atomic E-state index is -0.478. The molecular weight excluding hydrogens is 506 g/mol. The number of nitro benzene ring substituents is 2. The summed E-state index contributed by atoms with van der Waals surface area (Å²) in [7, 11) is 0. The van der Waals surface area contributed by atoms with Crippen molar-refractivity contribution in [2.24, 2.45) is 5.10 Å². The van der Waals surface area contributed by atoms with Crippen molar-refractivity contribution < 1.29 is 14.3 Å². The van der Waals surface area contributed by atoms with Gasteiger partial charge in [0.1, 0.15) is 10.6 Å². The van der Waals surface area contributed by atoms with Crippen molar-refractivity contribution in [1.82, 2.24) is 4.98 Å². The molecular formula is C24H14ClN5O5S. The van der Waals surface area contributed by atoms with E-state index in [1.54, 1.807) is 30.3 Å². The Morgan fingerprint density at radius 1 is 0.917 bits per heavy atom. The smallest absolute Gasteiger partial charge is 0.269 e. The monoisotopic (exact) mass is 519 g/mol. The molecule has 3 aromatic carbocycles. The Balaban J connectivity index is 1.56. The topological polar surface area (TPSA) is 137 Å². The summed E-state index contributed by atoms with van der Waals surface area (Å²) >= 11 is 7.53. The van der Waals surface area contributed by atoms with Crippen LogP contribution in [0.15, 0.2) is 87.7 Å². The van der Waals surface area contributed by atoms with E-state index in [0.29, 0.717) is 32.6 Å². The number of benzene rings is 3. The van der Waals surface area contributed by atoms with Gasteiger partial charge in [0.25, 0.3) is 11.4 Å². The van der Waals surface area contributed by atoms with Crippen molar-refractivity contribution in [3.8, 4) is 21.8 Å². The number of hydrogen-bond donors (Lipinski definition) is 1. The Labute approximate surface area is 211 Å². The molecule has 0 unspecified atom stereocenters. The minimum Gasteiger partial charge on any atom is -0.436 e. The molecule has 2 aromatic heterocycles. The molecule has 0 bridgehead atoms. The predicted octanol–water partition coefficient (Wildman–Crippen LogP) is 6.62. The summed E-state index contributed by atoms with van der Waals surface area (Å²) in [4.78, 5) is 25.6. The molecule has 0 amide bonds. The van der Waals surface area contributed by atoms with Gasteiger partial charge in [0.05, 0.1) is 26.8 Å². The fraction of sp³-hybridized carbons (Fsp3) is 0. The first kappa shape index (κ1) is 23.1. The van der Waals surface area contributed by atoms with Crippen LogP contribution in [-0.4, -0.2) is 14.8 Å². The van der Waals surface area contributed by atoms with Crippen molar-refractivity contribution in [2.45, 2.75) is 0 Å². The van der Waals surface area contributed by atoms with E-state index in [9.17, 15) is 20.2 Å². The first-order valence-electron chi connectivity index (χ1n) is 10.4. The van der Waals surface area contributed by atoms with E-state index in [1.807, 2.05) is 11.4 Å². The van der Waals surface area contributed by atoms with Crippen LogP contribution >= 0.6 is 22.9 Å². The normalized spacial score (nSPS) is 11.5. The summed E-state index contributed by atoms with van der Waals surface area (Å²) in [6, 6.07) is 19.0. The Morgan fingerprint density at radius 3 is 2.25 bits per heavy atom. The number of aromatic nitrogens is 1. The van der Waals surface area contributed by atoms with Crippen molar-refractivity contribution in [2.75, 3.05) is 5.43 Å². The molecule has 0 aliphatic rings. The average molecular weight is 520 g/mol. The molecule has 5 aromatic rings. The zero-order valence-corrected chi connectivity index (χ0v) is 19.7. The van der Waals surface area contributed by atoms with Gasteiger partial charge in [0.2, 0.25) is 5.55 Å². The highest BCUT2D eigenvalue weighted by Gasteiger charge is 2.14. The van der Waals surface area contributed by atoms with Crippen LogP contribution in [0.1, 0.15) is 0 Å². The third-order valence-corrected chi connectivity index (χ3v) is 6.29. The highest BCUT2D eigenvalue weighted by Crippen LogP contribution is 2.30. The number of fused-ring (bicyclic) bond motifs is 1. The van der Waals surface area contributed by atoms with E-state index < -0.39 is 9.85 Å². The lowest BCUT2D eigenvalue weighted by atomic mass is 10.1. The van der Waals surface area contributed by atoms with Crippen LogP contribution in [0.3, 0.4) is 0 Å². The molecule has 0 spiro atoms. The van der Waals surface area contributed by atoms with Gasteiger partial charge in [-0.2, -0.15) is 0 Å².